The Morgan fingerprint density at radius 2 is 1.83 bits per heavy atom. The first-order valence-electron chi connectivity index (χ1n) is 7.79. The normalized spacial score (nSPS) is 14.3. The minimum atomic E-state index is 0.504. The van der Waals surface area contributed by atoms with E-state index >= 15 is 0 Å². The van der Waals surface area contributed by atoms with E-state index in [2.05, 4.69) is 26.1 Å². The van der Waals surface area contributed by atoms with E-state index in [1.807, 2.05) is 30.3 Å². The highest BCUT2D eigenvalue weighted by Crippen LogP contribution is 2.27. The van der Waals surface area contributed by atoms with Gasteiger partial charge in [0.1, 0.15) is 5.82 Å². The van der Waals surface area contributed by atoms with E-state index in [4.69, 9.17) is 10.7 Å². The van der Waals surface area contributed by atoms with Gasteiger partial charge in [0.15, 0.2) is 0 Å². The average Bonchev–Trinajstić information content (AvgIpc) is 3.28. The van der Waals surface area contributed by atoms with E-state index in [-0.39, 0.29) is 0 Å². The number of nitrogen functional groups attached to an aromatic ring is 1. The average molecular weight is 306 g/mol. The molecule has 1 aliphatic heterocycles. The van der Waals surface area contributed by atoms with Crippen molar-refractivity contribution in [3.05, 3.63) is 42.6 Å². The van der Waals surface area contributed by atoms with Gasteiger partial charge in [0.25, 0.3) is 0 Å². The van der Waals surface area contributed by atoms with Gasteiger partial charge in [-0.15, -0.1) is 0 Å². The van der Waals surface area contributed by atoms with Crippen LogP contribution in [0.25, 0.3) is 22.5 Å². The van der Waals surface area contributed by atoms with E-state index in [0.717, 1.165) is 41.6 Å². The molecule has 116 valence electrons. The molecule has 3 heterocycles. The summed E-state index contributed by atoms with van der Waals surface area (Å²) < 4.78 is 0. The highest BCUT2D eigenvalue weighted by atomic mass is 15.3. The molecule has 0 bridgehead atoms. The number of rotatable bonds is 3. The molecule has 23 heavy (non-hydrogen) atoms. The molecular formula is C17H18N6. The zero-order valence-electron chi connectivity index (χ0n) is 12.7. The minimum absolute atomic E-state index is 0.504. The Balaban J connectivity index is 1.74. The van der Waals surface area contributed by atoms with Crippen molar-refractivity contribution in [2.45, 2.75) is 12.8 Å². The maximum atomic E-state index is 6.00. The molecule has 4 rings (SSSR count). The lowest BCUT2D eigenvalue weighted by molar-refractivity contribution is 0.902. The van der Waals surface area contributed by atoms with Crippen LogP contribution in [-0.2, 0) is 0 Å². The second-order valence-electron chi connectivity index (χ2n) is 5.72. The van der Waals surface area contributed by atoms with Gasteiger partial charge in [-0.1, -0.05) is 18.2 Å². The number of aromatic nitrogens is 4. The zero-order chi connectivity index (χ0) is 15.6. The van der Waals surface area contributed by atoms with Crippen molar-refractivity contribution in [2.75, 3.05) is 23.7 Å². The SMILES string of the molecule is Nc1cc(-c2cccc(-c3ccn[nH]3)c2)nc(N2CCCC2)n1. The number of nitrogens with zero attached hydrogens (tertiary/aromatic N) is 4. The van der Waals surface area contributed by atoms with E-state index in [9.17, 15) is 0 Å². The van der Waals surface area contributed by atoms with Crippen molar-refractivity contribution in [3.63, 3.8) is 0 Å². The van der Waals surface area contributed by atoms with Gasteiger partial charge >= 0.3 is 0 Å². The van der Waals surface area contributed by atoms with Crippen LogP contribution in [0.3, 0.4) is 0 Å². The minimum Gasteiger partial charge on any atom is -0.384 e. The maximum absolute atomic E-state index is 6.00. The molecular weight excluding hydrogens is 288 g/mol. The van der Waals surface area contributed by atoms with E-state index in [0.29, 0.717) is 5.82 Å². The molecule has 1 fully saturated rings. The highest BCUT2D eigenvalue weighted by molar-refractivity contribution is 5.71. The summed E-state index contributed by atoms with van der Waals surface area (Å²) in [7, 11) is 0. The first-order chi connectivity index (χ1) is 11.3. The van der Waals surface area contributed by atoms with Crippen molar-refractivity contribution in [1.29, 1.82) is 0 Å². The monoisotopic (exact) mass is 306 g/mol. The molecule has 0 spiro atoms. The molecule has 0 radical (unpaired) electrons. The Labute approximate surface area is 134 Å². The van der Waals surface area contributed by atoms with Crippen LogP contribution < -0.4 is 10.6 Å². The van der Waals surface area contributed by atoms with Gasteiger partial charge in [-0.3, -0.25) is 5.10 Å². The zero-order valence-corrected chi connectivity index (χ0v) is 12.7. The summed E-state index contributed by atoms with van der Waals surface area (Å²) in [4.78, 5) is 11.3. The molecule has 1 saturated heterocycles. The molecule has 0 saturated carbocycles. The number of anilines is 2. The van der Waals surface area contributed by atoms with Crippen LogP contribution in [0.4, 0.5) is 11.8 Å². The lowest BCUT2D eigenvalue weighted by atomic mass is 10.1. The smallest absolute Gasteiger partial charge is 0.227 e. The molecule has 6 heteroatoms. The summed E-state index contributed by atoms with van der Waals surface area (Å²) in [6, 6.07) is 12.0. The predicted octanol–water partition coefficient (Wildman–Crippen LogP) is 2.72. The van der Waals surface area contributed by atoms with Crippen molar-refractivity contribution in [3.8, 4) is 22.5 Å². The Kier molecular flexibility index (Phi) is 3.42. The molecule has 1 aliphatic rings. The summed E-state index contributed by atoms with van der Waals surface area (Å²) >= 11 is 0. The van der Waals surface area contributed by atoms with Gasteiger partial charge in [0, 0.05) is 36.5 Å². The third kappa shape index (κ3) is 2.75. The summed E-state index contributed by atoms with van der Waals surface area (Å²) in [6.07, 6.45) is 4.11. The van der Waals surface area contributed by atoms with Crippen LogP contribution in [0.15, 0.2) is 42.6 Å². The van der Waals surface area contributed by atoms with Crippen LogP contribution in [0, 0.1) is 0 Å². The summed E-state index contributed by atoms with van der Waals surface area (Å²) in [5.41, 5.74) is 9.92. The fraction of sp³-hybridized carbons (Fsp3) is 0.235. The first kappa shape index (κ1) is 13.8. The molecule has 1 aromatic carbocycles. The molecule has 3 N–H and O–H groups in total. The third-order valence-corrected chi connectivity index (χ3v) is 4.09. The van der Waals surface area contributed by atoms with E-state index in [1.165, 1.54) is 12.8 Å². The van der Waals surface area contributed by atoms with E-state index < -0.39 is 0 Å². The summed E-state index contributed by atoms with van der Waals surface area (Å²) in [5, 5.41) is 6.99. The quantitative estimate of drug-likeness (QED) is 0.777. The topological polar surface area (TPSA) is 83.7 Å². The van der Waals surface area contributed by atoms with Crippen LogP contribution in [0.1, 0.15) is 12.8 Å². The third-order valence-electron chi connectivity index (χ3n) is 4.09. The number of nitrogens with one attached hydrogen (secondary N) is 1. The number of benzene rings is 1. The Bertz CT molecular complexity index is 806. The second kappa shape index (κ2) is 5.72. The summed E-state index contributed by atoms with van der Waals surface area (Å²) in [6.45, 7) is 1.99. The molecule has 6 nitrogen and oxygen atoms in total. The van der Waals surface area contributed by atoms with Gasteiger partial charge in [0.05, 0.1) is 11.4 Å². The predicted molar refractivity (Wildman–Crippen MR) is 90.9 cm³/mol. The van der Waals surface area contributed by atoms with Gasteiger partial charge < -0.3 is 10.6 Å². The molecule has 0 atom stereocenters. The van der Waals surface area contributed by atoms with Crippen LogP contribution in [0.2, 0.25) is 0 Å². The van der Waals surface area contributed by atoms with E-state index in [1.54, 1.807) is 6.20 Å². The van der Waals surface area contributed by atoms with Gasteiger partial charge in [-0.2, -0.15) is 10.1 Å². The fourth-order valence-corrected chi connectivity index (χ4v) is 2.92. The van der Waals surface area contributed by atoms with Crippen molar-refractivity contribution in [1.82, 2.24) is 20.2 Å². The molecule has 0 unspecified atom stereocenters. The lowest BCUT2D eigenvalue weighted by Gasteiger charge is -2.16. The molecule has 3 aromatic rings. The largest absolute Gasteiger partial charge is 0.384 e. The molecule has 0 amide bonds. The standard InChI is InChI=1S/C17H18N6/c18-16-11-15(20-17(21-16)23-8-1-2-9-23)13-5-3-4-12(10-13)14-6-7-19-22-14/h3-7,10-11H,1-2,8-9H2,(H,19,22)(H2,18,20,21). The second-order valence-corrected chi connectivity index (χ2v) is 5.72. The fourth-order valence-electron chi connectivity index (χ4n) is 2.92. The number of hydrogen-bond acceptors (Lipinski definition) is 5. The highest BCUT2D eigenvalue weighted by Gasteiger charge is 2.16. The van der Waals surface area contributed by atoms with Crippen molar-refractivity contribution >= 4 is 11.8 Å². The van der Waals surface area contributed by atoms with Crippen LogP contribution >= 0.6 is 0 Å². The molecule has 0 aliphatic carbocycles. The first-order valence-corrected chi connectivity index (χ1v) is 7.79. The molecule has 2 aromatic heterocycles. The summed E-state index contributed by atoms with van der Waals surface area (Å²) in [5.74, 6) is 1.23. The Hall–Kier alpha value is -2.89. The Morgan fingerprint density at radius 1 is 1.00 bits per heavy atom. The van der Waals surface area contributed by atoms with Gasteiger partial charge in [-0.05, 0) is 25.0 Å². The number of aromatic amines is 1. The van der Waals surface area contributed by atoms with Crippen LogP contribution in [-0.4, -0.2) is 33.3 Å². The number of H-pyrrole nitrogens is 1. The van der Waals surface area contributed by atoms with Gasteiger partial charge in [0.2, 0.25) is 5.95 Å². The Morgan fingerprint density at radius 3 is 2.61 bits per heavy atom. The van der Waals surface area contributed by atoms with Crippen molar-refractivity contribution < 1.29 is 0 Å². The number of hydrogen-bond donors (Lipinski definition) is 2. The lowest BCUT2D eigenvalue weighted by Crippen LogP contribution is -2.21. The van der Waals surface area contributed by atoms with Crippen molar-refractivity contribution in [2.24, 2.45) is 0 Å². The number of nitrogens with two attached hydrogens (primary N) is 1. The van der Waals surface area contributed by atoms with Crippen LogP contribution in [0.5, 0.6) is 0 Å². The van der Waals surface area contributed by atoms with Gasteiger partial charge in [-0.25, -0.2) is 4.98 Å². The maximum Gasteiger partial charge on any atom is 0.227 e.